The molecule has 1 aliphatic heterocycles. The molecule has 2 unspecified atom stereocenters. The molecule has 0 saturated carbocycles. The van der Waals surface area contributed by atoms with Crippen molar-refractivity contribution in [3.05, 3.63) is 28.3 Å². The molecule has 2 atom stereocenters. The van der Waals surface area contributed by atoms with Gasteiger partial charge in [-0.3, -0.25) is 4.79 Å². The first-order chi connectivity index (χ1) is 11.2. The average molecular weight is 354 g/mol. The molecule has 0 fully saturated rings. The lowest BCUT2D eigenvalue weighted by Crippen LogP contribution is -2.47. The fourth-order valence-corrected chi connectivity index (χ4v) is 3.29. The van der Waals surface area contributed by atoms with Crippen LogP contribution in [0.4, 0.5) is 0 Å². The maximum absolute atomic E-state index is 11.3. The van der Waals surface area contributed by atoms with E-state index in [1.807, 2.05) is 12.1 Å². The van der Waals surface area contributed by atoms with Crippen LogP contribution >= 0.6 is 11.6 Å². The fourth-order valence-electron chi connectivity index (χ4n) is 3.06. The number of ether oxygens (including phenoxy) is 1. The Hall–Kier alpha value is -1.26. The number of hydrogen-bond acceptors (Lipinski definition) is 3. The standard InChI is InChI=1S/C19H28ClNO3/c1-5-6-7-24-16-8-12-9-17(19(2,3)4)21-15(11-18(22)23)13(12)10-14(16)20/h8,10,15,17,21H,5-7,9,11H2,1-4H3,(H,22,23). The van der Waals surface area contributed by atoms with Crippen LogP contribution in [0.3, 0.4) is 0 Å². The van der Waals surface area contributed by atoms with Crippen molar-refractivity contribution in [3.8, 4) is 5.75 Å². The number of halogens is 1. The largest absolute Gasteiger partial charge is 0.492 e. The molecule has 1 aliphatic rings. The Kier molecular flexibility index (Phi) is 6.16. The van der Waals surface area contributed by atoms with Crippen LogP contribution in [0.5, 0.6) is 5.75 Å². The highest BCUT2D eigenvalue weighted by molar-refractivity contribution is 6.32. The summed E-state index contributed by atoms with van der Waals surface area (Å²) in [5, 5.41) is 13.3. The molecule has 0 amide bonds. The highest BCUT2D eigenvalue weighted by Crippen LogP contribution is 2.39. The van der Waals surface area contributed by atoms with Crippen LogP contribution in [0.25, 0.3) is 0 Å². The first-order valence-electron chi connectivity index (χ1n) is 8.65. The second-order valence-electron chi connectivity index (χ2n) is 7.62. The van der Waals surface area contributed by atoms with Gasteiger partial charge >= 0.3 is 5.97 Å². The molecule has 2 rings (SSSR count). The van der Waals surface area contributed by atoms with Gasteiger partial charge in [-0.25, -0.2) is 0 Å². The summed E-state index contributed by atoms with van der Waals surface area (Å²) >= 11 is 6.37. The van der Waals surface area contributed by atoms with Crippen molar-refractivity contribution in [1.82, 2.24) is 5.32 Å². The minimum atomic E-state index is -0.813. The van der Waals surface area contributed by atoms with Gasteiger partial charge in [-0.2, -0.15) is 0 Å². The molecule has 0 aliphatic carbocycles. The topological polar surface area (TPSA) is 58.6 Å². The van der Waals surface area contributed by atoms with E-state index in [4.69, 9.17) is 16.3 Å². The summed E-state index contributed by atoms with van der Waals surface area (Å²) in [4.78, 5) is 11.3. The zero-order valence-corrected chi connectivity index (χ0v) is 15.7. The van der Waals surface area contributed by atoms with Crippen molar-refractivity contribution in [2.24, 2.45) is 5.41 Å². The third kappa shape index (κ3) is 4.64. The van der Waals surface area contributed by atoms with Crippen molar-refractivity contribution in [2.75, 3.05) is 6.61 Å². The van der Waals surface area contributed by atoms with Gasteiger partial charge in [-0.05, 0) is 41.5 Å². The molecule has 0 spiro atoms. The maximum Gasteiger partial charge on any atom is 0.305 e. The molecule has 1 aromatic rings. The second-order valence-corrected chi connectivity index (χ2v) is 8.03. The highest BCUT2D eigenvalue weighted by Gasteiger charge is 2.34. The quantitative estimate of drug-likeness (QED) is 0.734. The van der Waals surface area contributed by atoms with Crippen molar-refractivity contribution in [3.63, 3.8) is 0 Å². The molecule has 134 valence electrons. The Morgan fingerprint density at radius 2 is 2.12 bits per heavy atom. The van der Waals surface area contributed by atoms with E-state index < -0.39 is 5.97 Å². The predicted octanol–water partition coefficient (Wildman–Crippen LogP) is 4.60. The van der Waals surface area contributed by atoms with Gasteiger partial charge in [-0.15, -0.1) is 0 Å². The predicted molar refractivity (Wildman–Crippen MR) is 96.9 cm³/mol. The number of benzene rings is 1. The maximum atomic E-state index is 11.3. The molecule has 5 heteroatoms. The lowest BCUT2D eigenvalue weighted by molar-refractivity contribution is -0.137. The van der Waals surface area contributed by atoms with Gasteiger partial charge < -0.3 is 15.2 Å². The molecular weight excluding hydrogens is 326 g/mol. The van der Waals surface area contributed by atoms with E-state index in [-0.39, 0.29) is 23.9 Å². The zero-order chi connectivity index (χ0) is 17.9. The summed E-state index contributed by atoms with van der Waals surface area (Å²) < 4.78 is 5.81. The van der Waals surface area contributed by atoms with Gasteiger partial charge in [0.15, 0.2) is 0 Å². The Bertz CT molecular complexity index is 595. The second kappa shape index (κ2) is 7.75. The van der Waals surface area contributed by atoms with Crippen LogP contribution in [0.15, 0.2) is 12.1 Å². The van der Waals surface area contributed by atoms with E-state index in [0.717, 1.165) is 30.4 Å². The van der Waals surface area contributed by atoms with E-state index in [0.29, 0.717) is 17.4 Å². The number of fused-ring (bicyclic) bond motifs is 1. The summed E-state index contributed by atoms with van der Waals surface area (Å²) in [5.41, 5.74) is 2.15. The third-order valence-corrected chi connectivity index (χ3v) is 4.87. The summed E-state index contributed by atoms with van der Waals surface area (Å²) in [6.07, 6.45) is 2.95. The highest BCUT2D eigenvalue weighted by atomic mass is 35.5. The van der Waals surface area contributed by atoms with Gasteiger partial charge in [0.2, 0.25) is 0 Å². The van der Waals surface area contributed by atoms with Crippen molar-refractivity contribution < 1.29 is 14.6 Å². The Balaban J connectivity index is 2.34. The van der Waals surface area contributed by atoms with Crippen LogP contribution in [0.1, 0.15) is 64.1 Å². The normalized spacial score (nSPS) is 20.5. The minimum Gasteiger partial charge on any atom is -0.492 e. The lowest BCUT2D eigenvalue weighted by Gasteiger charge is -2.40. The lowest BCUT2D eigenvalue weighted by atomic mass is 9.77. The number of nitrogens with one attached hydrogen (secondary N) is 1. The van der Waals surface area contributed by atoms with Gasteiger partial charge in [-0.1, -0.05) is 45.7 Å². The average Bonchev–Trinajstić information content (AvgIpc) is 2.47. The van der Waals surface area contributed by atoms with Gasteiger partial charge in [0, 0.05) is 12.1 Å². The van der Waals surface area contributed by atoms with Crippen LogP contribution in [0.2, 0.25) is 5.02 Å². The molecule has 2 N–H and O–H groups in total. The number of aliphatic carboxylic acids is 1. The molecule has 1 heterocycles. The number of carboxylic acids is 1. The molecule has 0 aromatic heterocycles. The molecule has 0 bridgehead atoms. The van der Waals surface area contributed by atoms with Gasteiger partial charge in [0.25, 0.3) is 0 Å². The molecule has 0 radical (unpaired) electrons. The SMILES string of the molecule is CCCCOc1cc2c(cc1Cl)C(CC(=O)O)NC(C(C)(C)C)C2. The van der Waals surface area contributed by atoms with E-state index >= 15 is 0 Å². The van der Waals surface area contributed by atoms with E-state index in [1.54, 1.807) is 0 Å². The Morgan fingerprint density at radius 1 is 1.42 bits per heavy atom. The summed E-state index contributed by atoms with van der Waals surface area (Å²) in [6.45, 7) is 9.27. The number of rotatable bonds is 6. The Morgan fingerprint density at radius 3 is 2.71 bits per heavy atom. The fraction of sp³-hybridized carbons (Fsp3) is 0.632. The molecule has 4 nitrogen and oxygen atoms in total. The number of carboxylic acid groups (broad SMARTS) is 1. The molecular formula is C19H28ClNO3. The molecule has 24 heavy (non-hydrogen) atoms. The van der Waals surface area contributed by atoms with Crippen LogP contribution in [0, 0.1) is 5.41 Å². The zero-order valence-electron chi connectivity index (χ0n) is 15.0. The molecule has 1 aromatic carbocycles. The smallest absolute Gasteiger partial charge is 0.305 e. The summed E-state index contributed by atoms with van der Waals surface area (Å²) in [6, 6.07) is 3.86. The number of unbranched alkanes of at least 4 members (excludes halogenated alkanes) is 1. The van der Waals surface area contributed by atoms with Crippen molar-refractivity contribution in [1.29, 1.82) is 0 Å². The van der Waals surface area contributed by atoms with Crippen molar-refractivity contribution >= 4 is 17.6 Å². The number of hydrogen-bond donors (Lipinski definition) is 2. The van der Waals surface area contributed by atoms with E-state index in [9.17, 15) is 9.90 Å². The van der Waals surface area contributed by atoms with E-state index in [1.165, 1.54) is 0 Å². The van der Waals surface area contributed by atoms with E-state index in [2.05, 4.69) is 33.0 Å². The summed E-state index contributed by atoms with van der Waals surface area (Å²) in [5.74, 6) is -0.111. The monoisotopic (exact) mass is 353 g/mol. The first-order valence-corrected chi connectivity index (χ1v) is 9.03. The van der Waals surface area contributed by atoms with Crippen LogP contribution < -0.4 is 10.1 Å². The number of carbonyl (C=O) groups is 1. The summed E-state index contributed by atoms with van der Waals surface area (Å²) in [7, 11) is 0. The van der Waals surface area contributed by atoms with Gasteiger partial charge in [0.05, 0.1) is 18.1 Å². The van der Waals surface area contributed by atoms with Crippen LogP contribution in [-0.2, 0) is 11.2 Å². The molecule has 0 saturated heterocycles. The Labute approximate surface area is 149 Å². The van der Waals surface area contributed by atoms with Crippen molar-refractivity contribution in [2.45, 2.75) is 65.5 Å². The first kappa shape index (κ1) is 19.1. The minimum absolute atomic E-state index is 0.0390. The van der Waals surface area contributed by atoms with Gasteiger partial charge in [0.1, 0.15) is 5.75 Å². The third-order valence-electron chi connectivity index (χ3n) is 4.58. The van der Waals surface area contributed by atoms with Crippen LogP contribution in [-0.4, -0.2) is 23.7 Å².